The molecule has 8 heteroatoms. The summed E-state index contributed by atoms with van der Waals surface area (Å²) >= 11 is 0. The Morgan fingerprint density at radius 3 is 2.06 bits per heavy atom. The van der Waals surface area contributed by atoms with Gasteiger partial charge in [0.05, 0.1) is 7.11 Å². The van der Waals surface area contributed by atoms with E-state index in [0.29, 0.717) is 24.5 Å². The second-order valence-corrected chi connectivity index (χ2v) is 8.01. The van der Waals surface area contributed by atoms with Crippen LogP contribution in [0.25, 0.3) is 0 Å². The Morgan fingerprint density at radius 1 is 0.886 bits per heavy atom. The molecule has 1 fully saturated rings. The topological polar surface area (TPSA) is 89.4 Å². The van der Waals surface area contributed by atoms with Crippen LogP contribution < -0.4 is 48.9 Å². The molecule has 1 aliphatic carbocycles. The molecule has 0 aromatic heterocycles. The number of rotatable bonds is 11. The fourth-order valence-corrected chi connectivity index (χ4v) is 3.69. The van der Waals surface area contributed by atoms with Gasteiger partial charge in [0.1, 0.15) is 43.3 Å². The standard InChI is InChI=1S/C27H27NO6.Na/c1-31-21-11-7-20(8-12-21)26(28-32-2)17-34-22-9-3-18(4-10-22)16-33-23-13-5-19(6-14-23)24-15-25(24)27(29)30;/h3-14,24-25H,15-17H2,1-2H3,(H,29,30);/q;+1/p-1. The summed E-state index contributed by atoms with van der Waals surface area (Å²) in [5.74, 6) is 0.932. The summed E-state index contributed by atoms with van der Waals surface area (Å²) in [6.07, 6.45) is 0.649. The van der Waals surface area contributed by atoms with Crippen LogP contribution in [0.4, 0.5) is 0 Å². The van der Waals surface area contributed by atoms with Crippen LogP contribution in [-0.2, 0) is 16.2 Å². The van der Waals surface area contributed by atoms with E-state index in [9.17, 15) is 9.90 Å². The molecule has 0 N–H and O–H groups in total. The summed E-state index contributed by atoms with van der Waals surface area (Å²) in [5, 5.41) is 15.0. The van der Waals surface area contributed by atoms with Gasteiger partial charge in [-0.15, -0.1) is 0 Å². The molecule has 0 radical (unpaired) electrons. The third kappa shape index (κ3) is 7.24. The summed E-state index contributed by atoms with van der Waals surface area (Å²) in [4.78, 5) is 15.9. The van der Waals surface area contributed by atoms with E-state index in [1.165, 1.54) is 7.11 Å². The molecule has 0 heterocycles. The Kier molecular flexibility index (Phi) is 9.60. The maximum Gasteiger partial charge on any atom is 1.00 e. The quantitative estimate of drug-likeness (QED) is 0.225. The van der Waals surface area contributed by atoms with Crippen LogP contribution >= 0.6 is 0 Å². The number of methoxy groups -OCH3 is 1. The molecular weight excluding hydrogens is 457 g/mol. The maximum absolute atomic E-state index is 10.9. The van der Waals surface area contributed by atoms with Crippen LogP contribution in [0.15, 0.2) is 78.0 Å². The molecule has 1 saturated carbocycles. The number of carboxylic acid groups (broad SMARTS) is 1. The van der Waals surface area contributed by atoms with Crippen molar-refractivity contribution in [3.05, 3.63) is 89.5 Å². The van der Waals surface area contributed by atoms with E-state index in [1.807, 2.05) is 72.8 Å². The van der Waals surface area contributed by atoms with Gasteiger partial charge in [-0.05, 0) is 72.0 Å². The van der Waals surface area contributed by atoms with Gasteiger partial charge in [0.15, 0.2) is 0 Å². The Balaban J connectivity index is 0.00000342. The second kappa shape index (κ2) is 12.6. The number of carbonyl (C=O) groups excluding carboxylic acids is 1. The normalized spacial score (nSPS) is 16.6. The number of benzene rings is 3. The molecule has 7 nitrogen and oxygen atoms in total. The zero-order valence-electron chi connectivity index (χ0n) is 20.1. The van der Waals surface area contributed by atoms with Gasteiger partial charge in [-0.3, -0.25) is 0 Å². The minimum atomic E-state index is -0.972. The number of nitrogens with zero attached hydrogens (tertiary/aromatic N) is 1. The van der Waals surface area contributed by atoms with Gasteiger partial charge in [0.2, 0.25) is 0 Å². The number of carbonyl (C=O) groups is 1. The number of hydrogen-bond acceptors (Lipinski definition) is 7. The molecular formula is C27H26NNaO6. The number of oxime groups is 1. The average Bonchev–Trinajstić information content (AvgIpc) is 3.68. The first-order valence-electron chi connectivity index (χ1n) is 11.0. The maximum atomic E-state index is 10.9. The van der Waals surface area contributed by atoms with E-state index in [0.717, 1.165) is 28.2 Å². The van der Waals surface area contributed by atoms with Crippen molar-refractivity contribution in [3.63, 3.8) is 0 Å². The fourth-order valence-electron chi connectivity index (χ4n) is 3.69. The van der Waals surface area contributed by atoms with Crippen LogP contribution in [0, 0.1) is 5.92 Å². The van der Waals surface area contributed by atoms with Crippen LogP contribution in [0.3, 0.4) is 0 Å². The van der Waals surface area contributed by atoms with Crippen molar-refractivity contribution >= 4 is 11.7 Å². The van der Waals surface area contributed by atoms with E-state index < -0.39 is 5.97 Å². The summed E-state index contributed by atoms with van der Waals surface area (Å²) in [7, 11) is 3.12. The van der Waals surface area contributed by atoms with Crippen molar-refractivity contribution in [2.24, 2.45) is 11.1 Å². The third-order valence-corrected chi connectivity index (χ3v) is 5.73. The predicted octanol–water partition coefficient (Wildman–Crippen LogP) is 0.561. The Morgan fingerprint density at radius 2 is 1.49 bits per heavy atom. The largest absolute Gasteiger partial charge is 1.00 e. The van der Waals surface area contributed by atoms with E-state index in [1.54, 1.807) is 7.11 Å². The SMILES string of the molecule is CON=C(COc1ccc(COc2ccc(C3CC3C(=O)[O-])cc2)cc1)c1ccc(OC)cc1.[Na+]. The molecule has 176 valence electrons. The minimum absolute atomic E-state index is 0. The number of hydrogen-bond donors (Lipinski definition) is 0. The van der Waals surface area contributed by atoms with Gasteiger partial charge in [-0.1, -0.05) is 29.4 Å². The van der Waals surface area contributed by atoms with Gasteiger partial charge >= 0.3 is 29.6 Å². The predicted molar refractivity (Wildman–Crippen MR) is 125 cm³/mol. The zero-order chi connectivity index (χ0) is 23.9. The minimum Gasteiger partial charge on any atom is -0.550 e. The first-order valence-corrected chi connectivity index (χ1v) is 11.0. The Bertz CT molecular complexity index is 1130. The van der Waals surface area contributed by atoms with Gasteiger partial charge in [-0.25, -0.2) is 0 Å². The number of aliphatic carboxylic acids is 1. The molecule has 3 aromatic carbocycles. The van der Waals surface area contributed by atoms with Crippen LogP contribution in [0.1, 0.15) is 29.0 Å². The molecule has 3 aromatic rings. The summed E-state index contributed by atoms with van der Waals surface area (Å²) in [6.45, 7) is 0.662. The average molecular weight is 483 g/mol. The molecule has 0 aliphatic heterocycles. The Labute approximate surface area is 226 Å². The monoisotopic (exact) mass is 483 g/mol. The van der Waals surface area contributed by atoms with E-state index in [4.69, 9.17) is 19.0 Å². The molecule has 0 spiro atoms. The molecule has 2 unspecified atom stereocenters. The van der Waals surface area contributed by atoms with Crippen molar-refractivity contribution in [2.75, 3.05) is 20.8 Å². The van der Waals surface area contributed by atoms with E-state index >= 15 is 0 Å². The first-order chi connectivity index (χ1) is 16.6. The summed E-state index contributed by atoms with van der Waals surface area (Å²) < 4.78 is 16.9. The summed E-state index contributed by atoms with van der Waals surface area (Å²) in [6, 6.07) is 22.7. The zero-order valence-corrected chi connectivity index (χ0v) is 22.1. The van der Waals surface area contributed by atoms with Gasteiger partial charge < -0.3 is 28.9 Å². The van der Waals surface area contributed by atoms with Crippen LogP contribution in [-0.4, -0.2) is 32.5 Å². The molecule has 0 saturated heterocycles. The smallest absolute Gasteiger partial charge is 0.550 e. The Hall–Kier alpha value is -3.00. The molecule has 2 atom stereocenters. The van der Waals surface area contributed by atoms with Crippen molar-refractivity contribution in [3.8, 4) is 17.2 Å². The third-order valence-electron chi connectivity index (χ3n) is 5.73. The van der Waals surface area contributed by atoms with Gasteiger partial charge in [0, 0.05) is 17.5 Å². The molecule has 4 rings (SSSR count). The van der Waals surface area contributed by atoms with Gasteiger partial charge in [0.25, 0.3) is 0 Å². The van der Waals surface area contributed by atoms with Crippen molar-refractivity contribution in [1.82, 2.24) is 0 Å². The molecule has 35 heavy (non-hydrogen) atoms. The van der Waals surface area contributed by atoms with E-state index in [2.05, 4.69) is 5.16 Å². The first kappa shape index (κ1) is 26.6. The molecule has 0 amide bonds. The van der Waals surface area contributed by atoms with Crippen molar-refractivity contribution in [1.29, 1.82) is 0 Å². The van der Waals surface area contributed by atoms with Crippen LogP contribution in [0.5, 0.6) is 17.2 Å². The van der Waals surface area contributed by atoms with Crippen LogP contribution in [0.2, 0.25) is 0 Å². The summed E-state index contributed by atoms with van der Waals surface area (Å²) in [5.41, 5.74) is 3.55. The van der Waals surface area contributed by atoms with Gasteiger partial charge in [-0.2, -0.15) is 0 Å². The second-order valence-electron chi connectivity index (χ2n) is 8.01. The number of carboxylic acids is 1. The molecule has 1 aliphatic rings. The molecule has 0 bridgehead atoms. The number of ether oxygens (including phenoxy) is 3. The van der Waals surface area contributed by atoms with E-state index in [-0.39, 0.29) is 48.0 Å². The van der Waals surface area contributed by atoms with Crippen molar-refractivity contribution in [2.45, 2.75) is 18.9 Å². The fraction of sp³-hybridized carbons (Fsp3) is 0.259. The van der Waals surface area contributed by atoms with Crippen molar-refractivity contribution < 1.29 is 58.5 Å².